The molecule has 0 saturated carbocycles. The first kappa shape index (κ1) is 14.2. The van der Waals surface area contributed by atoms with Crippen LogP contribution in [0.4, 0.5) is 5.00 Å². The maximum Gasteiger partial charge on any atom is 0.341 e. The number of nitrogens with one attached hydrogen (secondary N) is 2. The first-order chi connectivity index (χ1) is 9.63. The number of anilines is 1. The van der Waals surface area contributed by atoms with Crippen molar-refractivity contribution in [1.29, 1.82) is 0 Å². The van der Waals surface area contributed by atoms with Gasteiger partial charge in [-0.2, -0.15) is 0 Å². The zero-order valence-corrected chi connectivity index (χ0v) is 12.0. The highest BCUT2D eigenvalue weighted by Gasteiger charge is 2.22. The van der Waals surface area contributed by atoms with Gasteiger partial charge >= 0.3 is 5.97 Å². The fourth-order valence-corrected chi connectivity index (χ4v) is 2.79. The molecule has 6 heteroatoms. The largest absolute Gasteiger partial charge is 0.462 e. The number of aromatic amines is 1. The van der Waals surface area contributed by atoms with Crippen LogP contribution in [0, 0.1) is 0 Å². The summed E-state index contributed by atoms with van der Waals surface area (Å²) in [4.78, 5) is 26.3. The van der Waals surface area contributed by atoms with Crippen molar-refractivity contribution >= 4 is 28.2 Å². The van der Waals surface area contributed by atoms with Crippen LogP contribution in [0.2, 0.25) is 0 Å². The topological polar surface area (TPSA) is 69.5 Å². The van der Waals surface area contributed by atoms with E-state index in [-0.39, 0.29) is 12.5 Å². The Kier molecular flexibility index (Phi) is 4.47. The number of carbonyl (C=O) groups excluding carboxylic acids is 2. The van der Waals surface area contributed by atoms with Crippen molar-refractivity contribution < 1.29 is 19.3 Å². The highest BCUT2D eigenvalue weighted by Crippen LogP contribution is 2.35. The van der Waals surface area contributed by atoms with Gasteiger partial charge in [-0.3, -0.25) is 4.79 Å². The number of amides is 1. The van der Waals surface area contributed by atoms with Gasteiger partial charge < -0.3 is 10.1 Å². The second kappa shape index (κ2) is 6.29. The summed E-state index contributed by atoms with van der Waals surface area (Å²) in [7, 11) is 0. The van der Waals surface area contributed by atoms with Crippen LogP contribution in [-0.2, 0) is 9.53 Å². The molecule has 5 nitrogen and oxygen atoms in total. The second-order valence-corrected chi connectivity index (χ2v) is 4.93. The zero-order valence-electron chi connectivity index (χ0n) is 11.2. The third-order valence-corrected chi connectivity index (χ3v) is 3.47. The van der Waals surface area contributed by atoms with Gasteiger partial charge in [-0.25, -0.2) is 9.78 Å². The van der Waals surface area contributed by atoms with E-state index in [1.807, 2.05) is 17.5 Å². The minimum Gasteiger partial charge on any atom is -0.462 e. The van der Waals surface area contributed by atoms with Crippen LogP contribution in [0.1, 0.15) is 24.2 Å². The fraction of sp³-hybridized carbons (Fsp3) is 0.214. The lowest BCUT2D eigenvalue weighted by molar-refractivity contribution is -0.377. The predicted molar refractivity (Wildman–Crippen MR) is 76.6 cm³/mol. The summed E-state index contributed by atoms with van der Waals surface area (Å²) in [5, 5.41) is 5.01. The van der Waals surface area contributed by atoms with Crippen LogP contribution < -0.4 is 10.3 Å². The van der Waals surface area contributed by atoms with Crippen LogP contribution >= 0.6 is 11.3 Å². The van der Waals surface area contributed by atoms with Gasteiger partial charge in [-0.05, 0) is 13.0 Å². The number of aromatic nitrogens is 1. The van der Waals surface area contributed by atoms with Crippen LogP contribution in [0.3, 0.4) is 0 Å². The highest BCUT2D eigenvalue weighted by atomic mass is 32.1. The van der Waals surface area contributed by atoms with Gasteiger partial charge in [0.2, 0.25) is 5.91 Å². The van der Waals surface area contributed by atoms with E-state index in [4.69, 9.17) is 4.74 Å². The van der Waals surface area contributed by atoms with Gasteiger partial charge in [-0.1, -0.05) is 0 Å². The SMILES string of the molecule is CCOC(=O)c1c(-c2ccc[nH+]c2)csc1NC(C)=O. The Morgan fingerprint density at radius 1 is 1.45 bits per heavy atom. The molecule has 2 heterocycles. The molecule has 104 valence electrons. The number of hydrogen-bond acceptors (Lipinski definition) is 4. The predicted octanol–water partition coefficient (Wildman–Crippen LogP) is 2.36. The molecule has 1 amide bonds. The van der Waals surface area contributed by atoms with E-state index < -0.39 is 5.97 Å². The number of pyridine rings is 1. The van der Waals surface area contributed by atoms with Crippen molar-refractivity contribution in [2.75, 3.05) is 11.9 Å². The van der Waals surface area contributed by atoms with Crippen LogP contribution in [-0.4, -0.2) is 18.5 Å². The van der Waals surface area contributed by atoms with E-state index in [9.17, 15) is 9.59 Å². The summed E-state index contributed by atoms with van der Waals surface area (Å²) in [6.45, 7) is 3.44. The number of rotatable bonds is 4. The molecular formula is C14H15N2O3S+. The van der Waals surface area contributed by atoms with Crippen molar-refractivity contribution in [2.45, 2.75) is 13.8 Å². The third kappa shape index (κ3) is 3.03. The Bertz CT molecular complexity index is 623. The number of thiophene rings is 1. The Morgan fingerprint density at radius 3 is 2.85 bits per heavy atom. The van der Waals surface area contributed by atoms with E-state index in [1.54, 1.807) is 19.3 Å². The molecule has 0 aliphatic heterocycles. The van der Waals surface area contributed by atoms with Gasteiger partial charge in [-0.15, -0.1) is 11.3 Å². The Balaban J connectivity index is 2.49. The van der Waals surface area contributed by atoms with Crippen molar-refractivity contribution in [2.24, 2.45) is 0 Å². The second-order valence-electron chi connectivity index (χ2n) is 4.05. The first-order valence-electron chi connectivity index (χ1n) is 6.16. The quantitative estimate of drug-likeness (QED) is 0.879. The summed E-state index contributed by atoms with van der Waals surface area (Å²) < 4.78 is 5.08. The molecule has 20 heavy (non-hydrogen) atoms. The lowest BCUT2D eigenvalue weighted by atomic mass is 10.1. The van der Waals surface area contributed by atoms with E-state index in [0.717, 1.165) is 11.1 Å². The molecule has 2 aromatic rings. The molecule has 0 aliphatic rings. The van der Waals surface area contributed by atoms with E-state index in [1.165, 1.54) is 18.3 Å². The average molecular weight is 291 g/mol. The molecule has 0 saturated heterocycles. The Hall–Kier alpha value is -2.21. The molecule has 0 radical (unpaired) electrons. The molecule has 0 aliphatic carbocycles. The number of ether oxygens (including phenoxy) is 1. The number of esters is 1. The summed E-state index contributed by atoms with van der Waals surface area (Å²) in [5.41, 5.74) is 2.00. The van der Waals surface area contributed by atoms with Crippen molar-refractivity contribution in [1.82, 2.24) is 0 Å². The van der Waals surface area contributed by atoms with Gasteiger partial charge in [0, 0.05) is 29.5 Å². The molecule has 2 aromatic heterocycles. The van der Waals surface area contributed by atoms with E-state index in [2.05, 4.69) is 10.3 Å². The molecule has 0 unspecified atom stereocenters. The smallest absolute Gasteiger partial charge is 0.341 e. The lowest BCUT2D eigenvalue weighted by Gasteiger charge is -2.06. The summed E-state index contributed by atoms with van der Waals surface area (Å²) in [6, 6.07) is 3.73. The normalized spacial score (nSPS) is 10.1. The molecule has 0 aromatic carbocycles. The molecule has 0 atom stereocenters. The minimum atomic E-state index is -0.434. The van der Waals surface area contributed by atoms with Gasteiger partial charge in [0.15, 0.2) is 12.4 Å². The molecule has 0 spiro atoms. The van der Waals surface area contributed by atoms with Gasteiger partial charge in [0.1, 0.15) is 10.6 Å². The molecule has 2 rings (SSSR count). The van der Waals surface area contributed by atoms with Crippen LogP contribution in [0.15, 0.2) is 29.9 Å². The van der Waals surface area contributed by atoms with Crippen molar-refractivity contribution in [3.8, 4) is 11.1 Å². The Morgan fingerprint density at radius 2 is 2.25 bits per heavy atom. The summed E-state index contributed by atoms with van der Waals surface area (Å²) >= 11 is 1.31. The standard InChI is InChI=1S/C14H14N2O3S/c1-3-19-14(18)12-11(10-5-4-6-15-7-10)8-20-13(12)16-9(2)17/h4-8H,3H2,1-2H3,(H,16,17)/p+1. The summed E-state index contributed by atoms with van der Waals surface area (Å²) in [6.07, 6.45) is 3.58. The van der Waals surface area contributed by atoms with E-state index in [0.29, 0.717) is 10.6 Å². The van der Waals surface area contributed by atoms with Crippen molar-refractivity contribution in [3.63, 3.8) is 0 Å². The van der Waals surface area contributed by atoms with Gasteiger partial charge in [0.05, 0.1) is 6.61 Å². The summed E-state index contributed by atoms with van der Waals surface area (Å²) in [5.74, 6) is -0.653. The molecule has 0 bridgehead atoms. The minimum absolute atomic E-state index is 0.219. The fourth-order valence-electron chi connectivity index (χ4n) is 1.79. The first-order valence-corrected chi connectivity index (χ1v) is 7.04. The lowest BCUT2D eigenvalue weighted by Crippen LogP contribution is -2.12. The third-order valence-electron chi connectivity index (χ3n) is 2.58. The molecule has 2 N–H and O–H groups in total. The van der Waals surface area contributed by atoms with Crippen LogP contribution in [0.5, 0.6) is 0 Å². The maximum absolute atomic E-state index is 12.1. The average Bonchev–Trinajstić information content (AvgIpc) is 2.83. The van der Waals surface area contributed by atoms with E-state index >= 15 is 0 Å². The molecule has 0 fully saturated rings. The number of carbonyl (C=O) groups is 2. The molecular weight excluding hydrogens is 276 g/mol. The highest BCUT2D eigenvalue weighted by molar-refractivity contribution is 7.15. The zero-order chi connectivity index (χ0) is 14.5. The van der Waals surface area contributed by atoms with Crippen LogP contribution in [0.25, 0.3) is 11.1 Å². The van der Waals surface area contributed by atoms with Crippen molar-refractivity contribution in [3.05, 3.63) is 35.5 Å². The monoisotopic (exact) mass is 291 g/mol. The number of hydrogen-bond donors (Lipinski definition) is 1. The Labute approximate surface area is 120 Å². The number of H-pyrrole nitrogens is 1. The maximum atomic E-state index is 12.1. The van der Waals surface area contributed by atoms with Gasteiger partial charge in [0.25, 0.3) is 0 Å².